The molecule has 0 radical (unpaired) electrons. The Morgan fingerprint density at radius 2 is 1.22 bits per heavy atom. The Kier molecular flexibility index (Phi) is 27.0. The molecule has 0 aliphatic carbocycles. The molecule has 1 fully saturated rings. The van der Waals surface area contributed by atoms with Gasteiger partial charge in [-0.25, -0.2) is 0 Å². The van der Waals surface area contributed by atoms with Gasteiger partial charge >= 0.3 is 0 Å². The number of hydrogen-bond donors (Lipinski definition) is 6. The lowest BCUT2D eigenvalue weighted by Gasteiger charge is -2.40. The monoisotopic (exact) mass is 658 g/mol. The van der Waals surface area contributed by atoms with Gasteiger partial charge in [0.15, 0.2) is 6.29 Å². The van der Waals surface area contributed by atoms with E-state index in [1.165, 1.54) is 89.9 Å². The molecule has 1 amide bonds. The van der Waals surface area contributed by atoms with Crippen LogP contribution in [0.4, 0.5) is 0 Å². The van der Waals surface area contributed by atoms with E-state index in [0.29, 0.717) is 12.8 Å². The summed E-state index contributed by atoms with van der Waals surface area (Å²) in [6.07, 6.45) is 22.3. The van der Waals surface area contributed by atoms with Crippen LogP contribution in [-0.4, -0.2) is 87.5 Å². The van der Waals surface area contributed by atoms with E-state index in [1.807, 2.05) is 0 Å². The Hall–Kier alpha value is -1.07. The van der Waals surface area contributed by atoms with Crippen LogP contribution in [0.2, 0.25) is 0 Å². The number of carbonyl (C=O) groups is 1. The Morgan fingerprint density at radius 1 is 0.717 bits per heavy atom. The van der Waals surface area contributed by atoms with E-state index in [0.717, 1.165) is 44.9 Å². The fourth-order valence-corrected chi connectivity index (χ4v) is 5.98. The fourth-order valence-electron chi connectivity index (χ4n) is 5.98. The topological polar surface area (TPSA) is 149 Å². The molecule has 46 heavy (non-hydrogen) atoms. The average Bonchev–Trinajstić information content (AvgIpc) is 3.05. The highest BCUT2D eigenvalue weighted by atomic mass is 16.7. The Labute approximate surface area is 280 Å². The maximum Gasteiger partial charge on any atom is 0.220 e. The molecule has 9 nitrogen and oxygen atoms in total. The number of amides is 1. The maximum absolute atomic E-state index is 12.8. The molecule has 7 atom stereocenters. The third-order valence-corrected chi connectivity index (χ3v) is 9.12. The normalized spacial score (nSPS) is 23.2. The maximum atomic E-state index is 12.8. The minimum Gasteiger partial charge on any atom is -0.394 e. The van der Waals surface area contributed by atoms with Gasteiger partial charge in [0.1, 0.15) is 24.4 Å². The molecule has 272 valence electrons. The van der Waals surface area contributed by atoms with Gasteiger partial charge in [0.25, 0.3) is 0 Å². The molecule has 6 N–H and O–H groups in total. The number of rotatable bonds is 30. The van der Waals surface area contributed by atoms with Gasteiger partial charge in [0.2, 0.25) is 5.91 Å². The van der Waals surface area contributed by atoms with E-state index in [9.17, 15) is 30.3 Å². The number of allylic oxidation sites excluding steroid dienone is 2. The average molecular weight is 658 g/mol. The Morgan fingerprint density at radius 3 is 1.76 bits per heavy atom. The molecule has 1 aliphatic rings. The molecule has 1 rings (SSSR count). The van der Waals surface area contributed by atoms with Crippen molar-refractivity contribution in [3.8, 4) is 0 Å². The predicted molar refractivity (Wildman–Crippen MR) is 184 cm³/mol. The van der Waals surface area contributed by atoms with Gasteiger partial charge in [-0.15, -0.1) is 0 Å². The first-order chi connectivity index (χ1) is 22.3. The van der Waals surface area contributed by atoms with Gasteiger partial charge < -0.3 is 40.3 Å². The minimum atomic E-state index is -1.55. The van der Waals surface area contributed by atoms with Gasteiger partial charge in [-0.1, -0.05) is 129 Å². The fraction of sp³-hybridized carbons (Fsp3) is 0.919. The second kappa shape index (κ2) is 28.9. The van der Waals surface area contributed by atoms with E-state index < -0.39 is 49.5 Å². The summed E-state index contributed by atoms with van der Waals surface area (Å²) in [7, 11) is 0. The van der Waals surface area contributed by atoms with Crippen molar-refractivity contribution < 1.29 is 39.8 Å². The number of aliphatic hydroxyl groups is 5. The largest absolute Gasteiger partial charge is 0.394 e. The van der Waals surface area contributed by atoms with Crippen molar-refractivity contribution in [3.63, 3.8) is 0 Å². The lowest BCUT2D eigenvalue weighted by atomic mass is 9.99. The van der Waals surface area contributed by atoms with Crippen molar-refractivity contribution in [1.82, 2.24) is 5.32 Å². The SMILES string of the molecule is CCCCC/C=C/CCCC[C@@H](O)[C@H](CO[C@H]1O[C@@H](CO)[C@H](O)C(O)C1O)NC(=O)CCCCCCCCCCCCCCCC. The van der Waals surface area contributed by atoms with Gasteiger partial charge in [-0.3, -0.25) is 4.79 Å². The summed E-state index contributed by atoms with van der Waals surface area (Å²) in [5.41, 5.74) is 0. The summed E-state index contributed by atoms with van der Waals surface area (Å²) >= 11 is 0. The molecule has 1 saturated heterocycles. The number of ether oxygens (including phenoxy) is 2. The van der Waals surface area contributed by atoms with Gasteiger partial charge in [-0.05, 0) is 38.5 Å². The first-order valence-corrected chi connectivity index (χ1v) is 18.9. The molecule has 0 aromatic carbocycles. The summed E-state index contributed by atoms with van der Waals surface area (Å²) in [5, 5.41) is 53.9. The zero-order valence-electron chi connectivity index (χ0n) is 29.3. The van der Waals surface area contributed by atoms with E-state index in [2.05, 4.69) is 31.3 Å². The number of unbranched alkanes of at least 4 members (excludes halogenated alkanes) is 18. The Bertz CT molecular complexity index is 736. The van der Waals surface area contributed by atoms with Crippen molar-refractivity contribution in [2.45, 2.75) is 204 Å². The lowest BCUT2D eigenvalue weighted by Crippen LogP contribution is -2.60. The van der Waals surface area contributed by atoms with Gasteiger partial charge in [-0.2, -0.15) is 0 Å². The van der Waals surface area contributed by atoms with E-state index in [4.69, 9.17) is 9.47 Å². The number of aliphatic hydroxyl groups excluding tert-OH is 5. The van der Waals surface area contributed by atoms with Crippen LogP contribution in [0.3, 0.4) is 0 Å². The number of hydrogen-bond acceptors (Lipinski definition) is 8. The van der Waals surface area contributed by atoms with E-state index in [1.54, 1.807) is 0 Å². The predicted octanol–water partition coefficient (Wildman–Crippen LogP) is 6.22. The molecule has 9 heteroatoms. The molecule has 0 aromatic heterocycles. The first kappa shape index (κ1) is 43.0. The van der Waals surface area contributed by atoms with Crippen molar-refractivity contribution >= 4 is 5.91 Å². The van der Waals surface area contributed by atoms with Crippen LogP contribution in [0.5, 0.6) is 0 Å². The van der Waals surface area contributed by atoms with Crippen molar-refractivity contribution in [3.05, 3.63) is 12.2 Å². The standard InChI is InChI=1S/C37H71NO8/c1-3-5-7-9-11-13-14-15-16-17-19-21-23-25-27-33(41)38-30(31(40)26-24-22-20-18-12-10-8-6-4-2)29-45-37-36(44)35(43)34(42)32(28-39)46-37/h12,18,30-32,34-37,39-40,42-44H,3-11,13-17,19-29H2,1-2H3,(H,38,41)/b18-12+/t30-,31+,32-,34-,35?,36?,37-/m0/s1. The van der Waals surface area contributed by atoms with Crippen LogP contribution >= 0.6 is 0 Å². The molecule has 0 saturated carbocycles. The summed E-state index contributed by atoms with van der Waals surface area (Å²) < 4.78 is 11.2. The molecule has 1 heterocycles. The van der Waals surface area contributed by atoms with Crippen LogP contribution in [-0.2, 0) is 14.3 Å². The van der Waals surface area contributed by atoms with E-state index in [-0.39, 0.29) is 12.5 Å². The van der Waals surface area contributed by atoms with Crippen LogP contribution in [0.25, 0.3) is 0 Å². The highest BCUT2D eigenvalue weighted by molar-refractivity contribution is 5.76. The zero-order chi connectivity index (χ0) is 33.8. The van der Waals surface area contributed by atoms with Gasteiger partial charge in [0, 0.05) is 6.42 Å². The van der Waals surface area contributed by atoms with Crippen LogP contribution < -0.4 is 5.32 Å². The summed E-state index contributed by atoms with van der Waals surface area (Å²) in [6.45, 7) is 3.75. The minimum absolute atomic E-state index is 0.147. The smallest absolute Gasteiger partial charge is 0.220 e. The van der Waals surface area contributed by atoms with Gasteiger partial charge in [0.05, 0.1) is 25.4 Å². The highest BCUT2D eigenvalue weighted by Crippen LogP contribution is 2.23. The van der Waals surface area contributed by atoms with Crippen molar-refractivity contribution in [2.24, 2.45) is 0 Å². The van der Waals surface area contributed by atoms with Crippen LogP contribution in [0.1, 0.15) is 162 Å². The first-order valence-electron chi connectivity index (χ1n) is 18.9. The quantitative estimate of drug-likeness (QED) is 0.0394. The van der Waals surface area contributed by atoms with Crippen LogP contribution in [0.15, 0.2) is 12.2 Å². The Balaban J connectivity index is 2.42. The summed E-state index contributed by atoms with van der Waals surface area (Å²) in [5.74, 6) is -0.157. The zero-order valence-corrected chi connectivity index (χ0v) is 29.3. The third kappa shape index (κ3) is 20.3. The summed E-state index contributed by atoms with van der Waals surface area (Å²) in [6, 6.07) is -0.726. The molecule has 1 aliphatic heterocycles. The molecule has 0 bridgehead atoms. The lowest BCUT2D eigenvalue weighted by molar-refractivity contribution is -0.302. The van der Waals surface area contributed by atoms with E-state index >= 15 is 0 Å². The third-order valence-electron chi connectivity index (χ3n) is 9.12. The van der Waals surface area contributed by atoms with Crippen LogP contribution in [0, 0.1) is 0 Å². The second-order valence-electron chi connectivity index (χ2n) is 13.4. The highest BCUT2D eigenvalue weighted by Gasteiger charge is 2.44. The molecule has 0 spiro atoms. The number of carbonyl (C=O) groups excluding carboxylic acids is 1. The molecule has 2 unspecified atom stereocenters. The van der Waals surface area contributed by atoms with Crippen molar-refractivity contribution in [2.75, 3.05) is 13.2 Å². The second-order valence-corrected chi connectivity index (χ2v) is 13.4. The molecule has 0 aromatic rings. The number of nitrogens with one attached hydrogen (secondary N) is 1. The molecular formula is C37H71NO8. The van der Waals surface area contributed by atoms with Crippen molar-refractivity contribution in [1.29, 1.82) is 0 Å². The summed E-state index contributed by atoms with van der Waals surface area (Å²) in [4.78, 5) is 12.8. The molecular weight excluding hydrogens is 586 g/mol.